The minimum absolute atomic E-state index is 0. The second-order valence-corrected chi connectivity index (χ2v) is 6.01. The SMILES string of the molecule is [C-]#[N+]c1c[c-]n(-c2cccc(C(C#N)([N+]#[C-])c3cccc(-n4[c-]cc([N+]#[C-])n4)n3)n2)n1.[Pt+2]. The van der Waals surface area contributed by atoms with Crippen LogP contribution in [0.15, 0.2) is 48.5 Å². The molecule has 0 N–H and O–H groups in total. The van der Waals surface area contributed by atoms with Gasteiger partial charge in [0.15, 0.2) is 6.07 Å². The van der Waals surface area contributed by atoms with Gasteiger partial charge in [-0.25, -0.2) is 11.3 Å². The molecule has 0 fully saturated rings. The molecule has 11 heteroatoms. The fourth-order valence-corrected chi connectivity index (χ4v) is 2.77. The van der Waals surface area contributed by atoms with E-state index < -0.39 is 5.54 Å². The summed E-state index contributed by atoms with van der Waals surface area (Å²) in [7, 11) is 0. The Morgan fingerprint density at radius 3 is 1.66 bits per heavy atom. The van der Waals surface area contributed by atoms with Crippen LogP contribution in [-0.4, -0.2) is 29.5 Å². The second kappa shape index (κ2) is 9.02. The van der Waals surface area contributed by atoms with Gasteiger partial charge in [0.25, 0.3) is 5.82 Å². The van der Waals surface area contributed by atoms with Crippen molar-refractivity contribution < 1.29 is 21.1 Å². The summed E-state index contributed by atoms with van der Waals surface area (Å²) in [5, 5.41) is 18.1. The Hall–Kier alpha value is -4.63. The number of nitriles is 1. The van der Waals surface area contributed by atoms with Crippen molar-refractivity contribution >= 4 is 11.6 Å². The van der Waals surface area contributed by atoms with E-state index >= 15 is 0 Å². The van der Waals surface area contributed by atoms with E-state index in [0.29, 0.717) is 11.6 Å². The zero-order valence-corrected chi connectivity index (χ0v) is 18.2. The van der Waals surface area contributed by atoms with Gasteiger partial charge in [-0.15, -0.1) is 0 Å². The van der Waals surface area contributed by atoms with Crippen molar-refractivity contribution in [2.45, 2.75) is 5.54 Å². The number of hydrogen-bond donors (Lipinski definition) is 0. The Morgan fingerprint density at radius 1 is 0.844 bits per heavy atom. The van der Waals surface area contributed by atoms with Gasteiger partial charge in [0.2, 0.25) is 0 Å². The quantitative estimate of drug-likeness (QED) is 0.338. The topological polar surface area (TPSA) is 98.3 Å². The predicted molar refractivity (Wildman–Crippen MR) is 106 cm³/mol. The van der Waals surface area contributed by atoms with E-state index in [9.17, 15) is 5.26 Å². The Balaban J connectivity index is 0.00000289. The molecule has 10 nitrogen and oxygen atoms in total. The van der Waals surface area contributed by atoms with Crippen LogP contribution in [0.1, 0.15) is 11.4 Å². The predicted octanol–water partition coefficient (Wildman–Crippen LogP) is 3.23. The van der Waals surface area contributed by atoms with Crippen molar-refractivity contribution in [2.75, 3.05) is 0 Å². The average molecular weight is 595 g/mol. The van der Waals surface area contributed by atoms with Crippen LogP contribution < -0.4 is 0 Å². The summed E-state index contributed by atoms with van der Waals surface area (Å²) in [6, 6.07) is 14.5. The number of hydrogen-bond acceptors (Lipinski definition) is 5. The zero-order chi connectivity index (χ0) is 21.8. The van der Waals surface area contributed by atoms with E-state index in [1.807, 2.05) is 6.07 Å². The normalized spacial score (nSPS) is 10.1. The summed E-state index contributed by atoms with van der Waals surface area (Å²) in [6.45, 7) is 21.8. The molecule has 4 aromatic heterocycles. The second-order valence-electron chi connectivity index (χ2n) is 6.01. The Labute approximate surface area is 197 Å². The molecule has 0 unspecified atom stereocenters. The molecule has 0 aliphatic carbocycles. The van der Waals surface area contributed by atoms with Crippen LogP contribution in [0.25, 0.3) is 26.2 Å². The van der Waals surface area contributed by atoms with Crippen LogP contribution in [0, 0.1) is 43.4 Å². The van der Waals surface area contributed by atoms with E-state index in [1.54, 1.807) is 36.4 Å². The molecule has 0 aromatic carbocycles. The van der Waals surface area contributed by atoms with E-state index in [0.717, 1.165) is 0 Å². The van der Waals surface area contributed by atoms with Gasteiger partial charge in [0.05, 0.1) is 11.6 Å². The van der Waals surface area contributed by atoms with E-state index in [4.69, 9.17) is 19.7 Å². The number of pyridine rings is 2. The van der Waals surface area contributed by atoms with Gasteiger partial charge in [0.1, 0.15) is 11.4 Å². The van der Waals surface area contributed by atoms with Gasteiger partial charge in [-0.05, 0) is 40.8 Å². The van der Waals surface area contributed by atoms with Crippen molar-refractivity contribution in [1.29, 1.82) is 5.26 Å². The summed E-state index contributed by atoms with van der Waals surface area (Å²) >= 11 is 0. The number of rotatable bonds is 4. The summed E-state index contributed by atoms with van der Waals surface area (Å²) in [6.07, 6.45) is 5.56. The zero-order valence-electron chi connectivity index (χ0n) is 15.9. The van der Waals surface area contributed by atoms with Crippen molar-refractivity contribution in [2.24, 2.45) is 0 Å². The van der Waals surface area contributed by atoms with Crippen LogP contribution in [0.2, 0.25) is 0 Å². The standard InChI is InChI=1S/C21H8N10.Pt/c1-23-17-10-12-30(28-17)19-8-4-6-15(26-19)21(14-22,25-3)16-7-5-9-20(27-16)31-13-11-18(24-2)29-31;/h4-11H;/q-2;+2. The largest absolute Gasteiger partial charge is 2.00 e. The molecular weight excluding hydrogens is 587 g/mol. The molecule has 32 heavy (non-hydrogen) atoms. The van der Waals surface area contributed by atoms with Crippen LogP contribution in [0.5, 0.6) is 0 Å². The van der Waals surface area contributed by atoms with Crippen LogP contribution in [0.3, 0.4) is 0 Å². The van der Waals surface area contributed by atoms with E-state index in [2.05, 4.69) is 47.1 Å². The van der Waals surface area contributed by atoms with Crippen LogP contribution in [0.4, 0.5) is 11.6 Å². The first-order chi connectivity index (χ1) is 15.1. The first-order valence-corrected chi connectivity index (χ1v) is 8.59. The van der Waals surface area contributed by atoms with E-state index in [1.165, 1.54) is 21.5 Å². The van der Waals surface area contributed by atoms with Gasteiger partial charge < -0.3 is 9.69 Å². The fraction of sp³-hybridized carbons (Fsp3) is 0.0476. The maximum Gasteiger partial charge on any atom is 2.00 e. The molecule has 4 rings (SSSR count). The Bertz CT molecular complexity index is 1340. The maximum absolute atomic E-state index is 10.0. The monoisotopic (exact) mass is 595 g/mol. The molecule has 0 saturated carbocycles. The van der Waals surface area contributed by atoms with Gasteiger partial charge in [-0.2, -0.15) is 5.26 Å². The third-order valence-corrected chi connectivity index (χ3v) is 4.24. The molecule has 0 radical (unpaired) electrons. The minimum Gasteiger partial charge on any atom is -0.360 e. The third kappa shape index (κ3) is 3.75. The van der Waals surface area contributed by atoms with E-state index in [-0.39, 0.29) is 44.1 Å². The van der Waals surface area contributed by atoms with Crippen LogP contribution in [-0.2, 0) is 26.6 Å². The van der Waals surface area contributed by atoms with Crippen molar-refractivity contribution in [3.63, 3.8) is 0 Å². The molecule has 0 atom stereocenters. The molecule has 0 bridgehead atoms. The molecule has 4 heterocycles. The van der Waals surface area contributed by atoms with Crippen molar-refractivity contribution in [3.05, 3.63) is 107 Å². The molecule has 4 aromatic rings. The average Bonchev–Trinajstić information content (AvgIpc) is 3.51. The molecule has 0 saturated heterocycles. The third-order valence-electron chi connectivity index (χ3n) is 4.24. The molecular formula is C21H8N10Pt. The Kier molecular flexibility index (Phi) is 6.22. The smallest absolute Gasteiger partial charge is 0.360 e. The first-order valence-electron chi connectivity index (χ1n) is 8.59. The summed E-state index contributed by atoms with van der Waals surface area (Å²) in [5.74, 6) is 0.892. The van der Waals surface area contributed by atoms with Gasteiger partial charge >= 0.3 is 32.4 Å². The minimum atomic E-state index is -1.84. The molecule has 0 aliphatic rings. The maximum atomic E-state index is 10.0. The summed E-state index contributed by atoms with van der Waals surface area (Å²) in [4.78, 5) is 18.9. The summed E-state index contributed by atoms with van der Waals surface area (Å²) in [5.41, 5.74) is -1.55. The molecule has 0 amide bonds. The first kappa shape index (κ1) is 22.1. The number of aromatic nitrogens is 6. The van der Waals surface area contributed by atoms with Crippen molar-refractivity contribution in [3.8, 4) is 17.7 Å². The van der Waals surface area contributed by atoms with Gasteiger partial charge in [0, 0.05) is 0 Å². The van der Waals surface area contributed by atoms with Crippen LogP contribution >= 0.6 is 0 Å². The van der Waals surface area contributed by atoms with Gasteiger partial charge in [-0.3, -0.25) is 19.5 Å². The Morgan fingerprint density at radius 2 is 1.31 bits per heavy atom. The molecule has 152 valence electrons. The molecule has 0 spiro atoms. The van der Waals surface area contributed by atoms with Crippen molar-refractivity contribution in [1.82, 2.24) is 29.5 Å². The summed E-state index contributed by atoms with van der Waals surface area (Å²) < 4.78 is 2.55. The van der Waals surface area contributed by atoms with Gasteiger partial charge in [-0.1, -0.05) is 43.5 Å². The number of nitrogens with zero attached hydrogens (tertiary/aromatic N) is 10. The fourth-order valence-electron chi connectivity index (χ4n) is 2.77. The molecule has 0 aliphatic heterocycles.